The van der Waals surface area contributed by atoms with Crippen molar-refractivity contribution in [3.05, 3.63) is 30.1 Å². The van der Waals surface area contributed by atoms with Gasteiger partial charge in [-0.15, -0.1) is 0 Å². The fourth-order valence-electron chi connectivity index (χ4n) is 1.36. The molecule has 0 fully saturated rings. The molecule has 1 aromatic rings. The van der Waals surface area contributed by atoms with E-state index in [1.54, 1.807) is 6.20 Å². The number of aromatic nitrogens is 1. The maximum absolute atomic E-state index is 11.1. The van der Waals surface area contributed by atoms with Crippen molar-refractivity contribution in [2.24, 2.45) is 0 Å². The maximum atomic E-state index is 11.1. The van der Waals surface area contributed by atoms with E-state index in [-0.39, 0.29) is 12.0 Å². The molecule has 4 heteroatoms. The number of hydrogen-bond acceptors (Lipinski definition) is 4. The van der Waals surface area contributed by atoms with Gasteiger partial charge < -0.3 is 10.1 Å². The molecular formula is C12H18N2O2. The van der Waals surface area contributed by atoms with Gasteiger partial charge in [0.2, 0.25) is 0 Å². The van der Waals surface area contributed by atoms with Crippen LogP contribution >= 0.6 is 0 Å². The highest BCUT2D eigenvalue weighted by atomic mass is 16.5. The lowest BCUT2D eigenvalue weighted by Gasteiger charge is -2.12. The molecule has 1 N–H and O–H groups in total. The SMILES string of the molecule is CCOC(=O)CCN[C@@H](C)c1ccccn1. The zero-order valence-corrected chi connectivity index (χ0v) is 9.77. The van der Waals surface area contributed by atoms with Crippen LogP contribution in [0.2, 0.25) is 0 Å². The van der Waals surface area contributed by atoms with Crippen LogP contribution in [0.5, 0.6) is 0 Å². The topological polar surface area (TPSA) is 51.2 Å². The molecule has 1 heterocycles. The Morgan fingerprint density at radius 2 is 2.38 bits per heavy atom. The summed E-state index contributed by atoms with van der Waals surface area (Å²) in [7, 11) is 0. The van der Waals surface area contributed by atoms with E-state index in [9.17, 15) is 4.79 Å². The third kappa shape index (κ3) is 4.40. The Balaban J connectivity index is 2.26. The Morgan fingerprint density at radius 3 is 3.00 bits per heavy atom. The molecule has 0 spiro atoms. The van der Waals surface area contributed by atoms with Gasteiger partial charge in [-0.05, 0) is 26.0 Å². The molecule has 16 heavy (non-hydrogen) atoms. The second kappa shape index (κ2) is 6.95. The van der Waals surface area contributed by atoms with Crippen molar-refractivity contribution < 1.29 is 9.53 Å². The van der Waals surface area contributed by atoms with Crippen molar-refractivity contribution in [2.45, 2.75) is 26.3 Å². The molecule has 0 aliphatic carbocycles. The molecule has 0 amide bonds. The van der Waals surface area contributed by atoms with Gasteiger partial charge in [-0.1, -0.05) is 6.07 Å². The maximum Gasteiger partial charge on any atom is 0.307 e. The predicted octanol–water partition coefficient (Wildman–Crippen LogP) is 1.69. The monoisotopic (exact) mass is 222 g/mol. The third-order valence-electron chi connectivity index (χ3n) is 2.22. The average molecular weight is 222 g/mol. The number of carbonyl (C=O) groups is 1. The van der Waals surface area contributed by atoms with E-state index in [0.717, 1.165) is 5.69 Å². The second-order valence-corrected chi connectivity index (χ2v) is 3.49. The van der Waals surface area contributed by atoms with Crippen LogP contribution in [0.15, 0.2) is 24.4 Å². The van der Waals surface area contributed by atoms with Gasteiger partial charge in [0.25, 0.3) is 0 Å². The molecule has 0 saturated carbocycles. The van der Waals surface area contributed by atoms with Crippen LogP contribution in [-0.4, -0.2) is 24.1 Å². The molecule has 1 aromatic heterocycles. The van der Waals surface area contributed by atoms with Gasteiger partial charge in [0.15, 0.2) is 0 Å². The summed E-state index contributed by atoms with van der Waals surface area (Å²) in [5.41, 5.74) is 0.978. The smallest absolute Gasteiger partial charge is 0.307 e. The molecule has 0 aliphatic heterocycles. The van der Waals surface area contributed by atoms with Crippen LogP contribution in [0.1, 0.15) is 32.0 Å². The van der Waals surface area contributed by atoms with E-state index >= 15 is 0 Å². The number of carbonyl (C=O) groups excluding carboxylic acids is 1. The molecule has 1 atom stereocenters. The Labute approximate surface area is 96.0 Å². The van der Waals surface area contributed by atoms with Gasteiger partial charge in [-0.2, -0.15) is 0 Å². The Hall–Kier alpha value is -1.42. The number of rotatable bonds is 6. The van der Waals surface area contributed by atoms with Crippen molar-refractivity contribution in [2.75, 3.05) is 13.2 Å². The summed E-state index contributed by atoms with van der Waals surface area (Å²) in [6.45, 7) is 4.88. The van der Waals surface area contributed by atoms with Crippen LogP contribution in [0.4, 0.5) is 0 Å². The van der Waals surface area contributed by atoms with E-state index in [1.165, 1.54) is 0 Å². The fraction of sp³-hybridized carbons (Fsp3) is 0.500. The van der Waals surface area contributed by atoms with Gasteiger partial charge in [0.1, 0.15) is 0 Å². The minimum absolute atomic E-state index is 0.149. The van der Waals surface area contributed by atoms with E-state index in [1.807, 2.05) is 32.0 Å². The first-order valence-electron chi connectivity index (χ1n) is 5.54. The van der Waals surface area contributed by atoms with E-state index in [4.69, 9.17) is 4.74 Å². The normalized spacial score (nSPS) is 12.1. The minimum Gasteiger partial charge on any atom is -0.466 e. The lowest BCUT2D eigenvalue weighted by molar-refractivity contribution is -0.143. The summed E-state index contributed by atoms with van der Waals surface area (Å²) < 4.78 is 4.83. The van der Waals surface area contributed by atoms with Crippen LogP contribution in [0, 0.1) is 0 Å². The molecule has 1 rings (SSSR count). The van der Waals surface area contributed by atoms with Crippen LogP contribution in [0.3, 0.4) is 0 Å². The number of ether oxygens (including phenoxy) is 1. The van der Waals surface area contributed by atoms with Crippen LogP contribution < -0.4 is 5.32 Å². The lowest BCUT2D eigenvalue weighted by Crippen LogP contribution is -2.23. The quantitative estimate of drug-likeness (QED) is 0.744. The fourth-order valence-corrected chi connectivity index (χ4v) is 1.36. The van der Waals surface area contributed by atoms with Crippen molar-refractivity contribution in [1.29, 1.82) is 0 Å². The van der Waals surface area contributed by atoms with Gasteiger partial charge in [0, 0.05) is 18.8 Å². The largest absolute Gasteiger partial charge is 0.466 e. The third-order valence-corrected chi connectivity index (χ3v) is 2.22. The van der Waals surface area contributed by atoms with E-state index in [2.05, 4.69) is 10.3 Å². The molecule has 0 aromatic carbocycles. The summed E-state index contributed by atoms with van der Waals surface area (Å²) in [5.74, 6) is -0.164. The Morgan fingerprint density at radius 1 is 1.56 bits per heavy atom. The first kappa shape index (κ1) is 12.6. The summed E-state index contributed by atoms with van der Waals surface area (Å²) >= 11 is 0. The molecule has 0 radical (unpaired) electrons. The Kier molecular flexibility index (Phi) is 5.50. The molecule has 88 valence electrons. The first-order valence-corrected chi connectivity index (χ1v) is 5.54. The van der Waals surface area contributed by atoms with Crippen molar-refractivity contribution in [3.63, 3.8) is 0 Å². The highest BCUT2D eigenvalue weighted by Crippen LogP contribution is 2.07. The molecule has 0 aliphatic rings. The van der Waals surface area contributed by atoms with Gasteiger partial charge in [0.05, 0.1) is 18.7 Å². The van der Waals surface area contributed by atoms with Crippen molar-refractivity contribution in [1.82, 2.24) is 10.3 Å². The number of nitrogens with zero attached hydrogens (tertiary/aromatic N) is 1. The predicted molar refractivity (Wildman–Crippen MR) is 61.9 cm³/mol. The lowest BCUT2D eigenvalue weighted by atomic mass is 10.2. The van der Waals surface area contributed by atoms with E-state index < -0.39 is 0 Å². The molecule has 0 unspecified atom stereocenters. The van der Waals surface area contributed by atoms with E-state index in [0.29, 0.717) is 19.6 Å². The summed E-state index contributed by atoms with van der Waals surface area (Å²) in [6.07, 6.45) is 2.16. The highest BCUT2D eigenvalue weighted by Gasteiger charge is 2.06. The van der Waals surface area contributed by atoms with Gasteiger partial charge >= 0.3 is 5.97 Å². The first-order chi connectivity index (χ1) is 7.74. The minimum atomic E-state index is -0.164. The second-order valence-electron chi connectivity index (χ2n) is 3.49. The van der Waals surface area contributed by atoms with Crippen LogP contribution in [-0.2, 0) is 9.53 Å². The zero-order chi connectivity index (χ0) is 11.8. The molecule has 0 saturated heterocycles. The summed E-state index contributed by atoms with van der Waals surface area (Å²) in [6, 6.07) is 5.94. The Bertz CT molecular complexity index is 314. The zero-order valence-electron chi connectivity index (χ0n) is 9.77. The number of esters is 1. The van der Waals surface area contributed by atoms with Crippen LogP contribution in [0.25, 0.3) is 0 Å². The number of hydrogen-bond donors (Lipinski definition) is 1. The summed E-state index contributed by atoms with van der Waals surface area (Å²) in [5, 5.41) is 3.22. The average Bonchev–Trinajstić information content (AvgIpc) is 2.30. The van der Waals surface area contributed by atoms with Gasteiger partial charge in [-0.25, -0.2) is 0 Å². The highest BCUT2D eigenvalue weighted by molar-refractivity contribution is 5.69. The molecular weight excluding hydrogens is 204 g/mol. The standard InChI is InChI=1S/C12H18N2O2/c1-3-16-12(15)7-9-13-10(2)11-6-4-5-8-14-11/h4-6,8,10,13H,3,7,9H2,1-2H3/t10-/m0/s1. The van der Waals surface area contributed by atoms with Crippen molar-refractivity contribution in [3.8, 4) is 0 Å². The van der Waals surface area contributed by atoms with Crippen molar-refractivity contribution >= 4 is 5.97 Å². The number of nitrogens with one attached hydrogen (secondary N) is 1. The molecule has 4 nitrogen and oxygen atoms in total. The summed E-state index contributed by atoms with van der Waals surface area (Å²) in [4.78, 5) is 15.3. The van der Waals surface area contributed by atoms with Gasteiger partial charge in [-0.3, -0.25) is 9.78 Å². The molecule has 0 bridgehead atoms. The number of pyridine rings is 1.